The Morgan fingerprint density at radius 2 is 1.97 bits per heavy atom. The van der Waals surface area contributed by atoms with Crippen molar-refractivity contribution in [3.05, 3.63) is 93.1 Å². The number of carbonyl (C=O) groups is 1. The molecule has 0 saturated carbocycles. The van der Waals surface area contributed by atoms with E-state index in [1.165, 1.54) is 6.07 Å². The van der Waals surface area contributed by atoms with Gasteiger partial charge in [-0.1, -0.05) is 28.9 Å². The Kier molecular flexibility index (Phi) is 6.65. The monoisotopic (exact) mass is 486 g/mol. The first-order valence-electron chi connectivity index (χ1n) is 10.4. The van der Waals surface area contributed by atoms with E-state index in [4.69, 9.17) is 20.9 Å². The zero-order chi connectivity index (χ0) is 24.4. The van der Waals surface area contributed by atoms with Crippen molar-refractivity contribution in [2.24, 2.45) is 0 Å². The van der Waals surface area contributed by atoms with Crippen LogP contribution in [-0.4, -0.2) is 20.8 Å². The average molecular weight is 487 g/mol. The number of amides is 1. The third kappa shape index (κ3) is 4.94. The molecule has 4 aromatic rings. The van der Waals surface area contributed by atoms with Crippen LogP contribution in [-0.2, 0) is 13.2 Å². The second-order valence-electron chi connectivity index (χ2n) is 7.72. The van der Waals surface area contributed by atoms with Crippen LogP contribution in [0.1, 0.15) is 38.8 Å². The topological polar surface area (TPSA) is 82.2 Å². The van der Waals surface area contributed by atoms with Crippen LogP contribution in [0.4, 0.5) is 14.5 Å². The van der Waals surface area contributed by atoms with Crippen molar-refractivity contribution < 1.29 is 22.8 Å². The predicted molar refractivity (Wildman–Crippen MR) is 122 cm³/mol. The third-order valence-corrected chi connectivity index (χ3v) is 5.54. The summed E-state index contributed by atoms with van der Waals surface area (Å²) in [6, 6.07) is 10.4. The number of carbonyl (C=O) groups excluding carboxylic acids is 1. The number of rotatable bonds is 7. The highest BCUT2D eigenvalue weighted by Gasteiger charge is 2.23. The first-order valence-corrected chi connectivity index (χ1v) is 10.7. The van der Waals surface area contributed by atoms with E-state index in [2.05, 4.69) is 15.6 Å². The lowest BCUT2D eigenvalue weighted by Crippen LogP contribution is -2.16. The normalized spacial score (nSPS) is 11.0. The zero-order valence-electron chi connectivity index (χ0n) is 18.7. The molecule has 0 aliphatic heterocycles. The highest BCUT2D eigenvalue weighted by atomic mass is 35.5. The number of hydrogen-bond donors (Lipinski definition) is 1. The van der Waals surface area contributed by atoms with Crippen molar-refractivity contribution in [2.75, 3.05) is 5.32 Å². The Hall–Kier alpha value is -3.72. The number of nitrogens with one attached hydrogen (secondary N) is 1. The quantitative estimate of drug-likeness (QED) is 0.367. The standard InChI is InChI=1S/C24H21ClF2N4O3/c1-13-22(14(2)31(29-13)11-16-5-4-6-17(25)9-16)28-24(32)23-19(15(3)34-30-23)12-33-21-8-7-18(26)10-20(21)27/h4-10H,11-12H2,1-3H3,(H,28,32). The fraction of sp³-hybridized carbons (Fsp3) is 0.208. The van der Waals surface area contributed by atoms with Gasteiger partial charge < -0.3 is 14.6 Å². The van der Waals surface area contributed by atoms with Gasteiger partial charge in [-0.25, -0.2) is 8.78 Å². The summed E-state index contributed by atoms with van der Waals surface area (Å²) in [4.78, 5) is 13.0. The van der Waals surface area contributed by atoms with Crippen LogP contribution in [0.3, 0.4) is 0 Å². The molecule has 0 saturated heterocycles. The lowest BCUT2D eigenvalue weighted by Gasteiger charge is -2.09. The van der Waals surface area contributed by atoms with Crippen LogP contribution < -0.4 is 10.1 Å². The molecule has 176 valence electrons. The minimum atomic E-state index is -0.849. The number of anilines is 1. The Balaban J connectivity index is 1.52. The van der Waals surface area contributed by atoms with Crippen molar-refractivity contribution in [3.63, 3.8) is 0 Å². The largest absolute Gasteiger partial charge is 0.486 e. The van der Waals surface area contributed by atoms with E-state index in [9.17, 15) is 13.6 Å². The second-order valence-corrected chi connectivity index (χ2v) is 8.15. The van der Waals surface area contributed by atoms with Crippen LogP contribution in [0.15, 0.2) is 47.0 Å². The molecule has 0 unspecified atom stereocenters. The minimum Gasteiger partial charge on any atom is -0.486 e. The minimum absolute atomic E-state index is 0.00131. The van der Waals surface area contributed by atoms with Gasteiger partial charge in [0.05, 0.1) is 29.2 Å². The predicted octanol–water partition coefficient (Wildman–Crippen LogP) is 5.61. The molecular formula is C24H21ClF2N4O3. The van der Waals surface area contributed by atoms with Gasteiger partial charge in [0, 0.05) is 11.1 Å². The maximum absolute atomic E-state index is 13.9. The van der Waals surface area contributed by atoms with E-state index < -0.39 is 17.5 Å². The molecule has 2 heterocycles. The molecule has 0 spiro atoms. The molecular weight excluding hydrogens is 466 g/mol. The molecule has 10 heteroatoms. The van der Waals surface area contributed by atoms with Crippen molar-refractivity contribution in [1.82, 2.24) is 14.9 Å². The van der Waals surface area contributed by atoms with Crippen molar-refractivity contribution in [3.8, 4) is 5.75 Å². The molecule has 34 heavy (non-hydrogen) atoms. The summed E-state index contributed by atoms with van der Waals surface area (Å²) in [7, 11) is 0. The summed E-state index contributed by atoms with van der Waals surface area (Å²) in [5, 5.41) is 11.8. The SMILES string of the molecule is Cc1nn(Cc2cccc(Cl)c2)c(C)c1NC(=O)c1noc(C)c1COc1ccc(F)cc1F. The number of aryl methyl sites for hydroxylation is 2. The first kappa shape index (κ1) is 23.4. The van der Waals surface area contributed by atoms with E-state index in [1.807, 2.05) is 25.1 Å². The first-order chi connectivity index (χ1) is 16.2. The van der Waals surface area contributed by atoms with Gasteiger partial charge >= 0.3 is 0 Å². The Morgan fingerprint density at radius 1 is 1.18 bits per heavy atom. The van der Waals surface area contributed by atoms with Gasteiger partial charge in [0.1, 0.15) is 18.2 Å². The highest BCUT2D eigenvalue weighted by Crippen LogP contribution is 2.25. The second kappa shape index (κ2) is 9.64. The summed E-state index contributed by atoms with van der Waals surface area (Å²) in [6.07, 6.45) is 0. The van der Waals surface area contributed by atoms with Crippen molar-refractivity contribution in [1.29, 1.82) is 0 Å². The maximum atomic E-state index is 13.9. The summed E-state index contributed by atoms with van der Waals surface area (Å²) in [6.45, 7) is 5.53. The molecule has 0 atom stereocenters. The maximum Gasteiger partial charge on any atom is 0.278 e. The molecule has 0 aliphatic rings. The van der Waals surface area contributed by atoms with E-state index >= 15 is 0 Å². The summed E-state index contributed by atoms with van der Waals surface area (Å²) in [5.74, 6) is -1.89. The lowest BCUT2D eigenvalue weighted by atomic mass is 10.2. The van der Waals surface area contributed by atoms with Crippen LogP contribution in [0.2, 0.25) is 5.02 Å². The molecule has 7 nitrogen and oxygen atoms in total. The number of aromatic nitrogens is 3. The van der Waals surface area contributed by atoms with Gasteiger partial charge in [-0.2, -0.15) is 5.10 Å². The van der Waals surface area contributed by atoms with Gasteiger partial charge in [0.25, 0.3) is 5.91 Å². The number of nitrogens with zero attached hydrogens (tertiary/aromatic N) is 3. The number of ether oxygens (including phenoxy) is 1. The summed E-state index contributed by atoms with van der Waals surface area (Å²) in [5.41, 5.74) is 3.24. The van der Waals surface area contributed by atoms with Crippen molar-refractivity contribution in [2.45, 2.75) is 33.9 Å². The molecule has 0 radical (unpaired) electrons. The molecule has 1 amide bonds. The Bertz CT molecular complexity index is 1370. The molecule has 2 aromatic carbocycles. The van der Waals surface area contributed by atoms with E-state index in [0.717, 1.165) is 23.4 Å². The molecule has 2 aromatic heterocycles. The highest BCUT2D eigenvalue weighted by molar-refractivity contribution is 6.30. The fourth-order valence-corrected chi connectivity index (χ4v) is 3.71. The number of halogens is 3. The number of benzene rings is 2. The zero-order valence-corrected chi connectivity index (χ0v) is 19.4. The molecule has 0 aliphatic carbocycles. The van der Waals surface area contributed by atoms with Gasteiger partial charge in [-0.3, -0.25) is 9.48 Å². The average Bonchev–Trinajstić information content (AvgIpc) is 3.27. The van der Waals surface area contributed by atoms with E-state index in [1.54, 1.807) is 24.6 Å². The van der Waals surface area contributed by atoms with Gasteiger partial charge in [-0.15, -0.1) is 0 Å². The van der Waals surface area contributed by atoms with Crippen LogP contribution >= 0.6 is 11.6 Å². The molecule has 4 rings (SSSR count). The molecule has 0 fully saturated rings. The molecule has 1 N–H and O–H groups in total. The van der Waals surface area contributed by atoms with Crippen molar-refractivity contribution >= 4 is 23.2 Å². The third-order valence-electron chi connectivity index (χ3n) is 5.31. The fourth-order valence-electron chi connectivity index (χ4n) is 3.49. The number of hydrogen-bond acceptors (Lipinski definition) is 5. The van der Waals surface area contributed by atoms with E-state index in [0.29, 0.717) is 34.3 Å². The van der Waals surface area contributed by atoms with Gasteiger partial charge in [-0.05, 0) is 50.6 Å². The van der Waals surface area contributed by atoms with Crippen LogP contribution in [0, 0.1) is 32.4 Å². The Labute approximate surface area is 199 Å². The summed E-state index contributed by atoms with van der Waals surface area (Å²) < 4.78 is 39.4. The van der Waals surface area contributed by atoms with E-state index in [-0.39, 0.29) is 18.1 Å². The Morgan fingerprint density at radius 3 is 2.71 bits per heavy atom. The van der Waals surface area contributed by atoms with Gasteiger partial charge in [0.2, 0.25) is 0 Å². The molecule has 0 bridgehead atoms. The van der Waals surface area contributed by atoms with Gasteiger partial charge in [0.15, 0.2) is 17.3 Å². The van der Waals surface area contributed by atoms with Crippen LogP contribution in [0.5, 0.6) is 5.75 Å². The smallest absolute Gasteiger partial charge is 0.278 e. The lowest BCUT2D eigenvalue weighted by molar-refractivity contribution is 0.101. The summed E-state index contributed by atoms with van der Waals surface area (Å²) >= 11 is 6.07. The van der Waals surface area contributed by atoms with Crippen LogP contribution in [0.25, 0.3) is 0 Å².